The van der Waals surface area contributed by atoms with E-state index in [0.29, 0.717) is 40.0 Å². The average molecular weight is 403 g/mol. The summed E-state index contributed by atoms with van der Waals surface area (Å²) in [4.78, 5) is 9.25. The van der Waals surface area contributed by atoms with Gasteiger partial charge in [0.1, 0.15) is 23.2 Å². The van der Waals surface area contributed by atoms with Crippen LogP contribution in [0.3, 0.4) is 0 Å². The van der Waals surface area contributed by atoms with Gasteiger partial charge in [-0.1, -0.05) is 17.5 Å². The zero-order valence-electron chi connectivity index (χ0n) is 15.7. The first-order valence-electron chi connectivity index (χ1n) is 8.69. The Balaban J connectivity index is 1.95. The molecule has 0 spiro atoms. The highest BCUT2D eigenvalue weighted by atomic mass is 35.5. The smallest absolute Gasteiger partial charge is 0.183 e. The van der Waals surface area contributed by atoms with Gasteiger partial charge in [-0.15, -0.1) is 5.92 Å². The molecular formula is C20H15ClN8. The van der Waals surface area contributed by atoms with E-state index < -0.39 is 0 Å². The van der Waals surface area contributed by atoms with Crippen LogP contribution in [-0.2, 0) is 7.05 Å². The number of rotatable bonds is 4. The van der Waals surface area contributed by atoms with E-state index in [1.54, 1.807) is 23.9 Å². The molecule has 0 saturated carbocycles. The van der Waals surface area contributed by atoms with Crippen LogP contribution in [0.2, 0.25) is 5.02 Å². The Kier molecular flexibility index (Phi) is 4.86. The summed E-state index contributed by atoms with van der Waals surface area (Å²) in [5.74, 6) is 6.05. The van der Waals surface area contributed by atoms with E-state index in [1.165, 1.54) is 0 Å². The number of fused-ring (bicyclic) bond motifs is 1. The molecule has 9 heteroatoms. The van der Waals surface area contributed by atoms with Crippen LogP contribution >= 0.6 is 11.6 Å². The van der Waals surface area contributed by atoms with Crippen molar-refractivity contribution in [2.75, 3.05) is 11.9 Å². The fraction of sp³-hybridized carbons (Fsp3) is 0.150. The molecule has 29 heavy (non-hydrogen) atoms. The normalized spacial score (nSPS) is 10.4. The summed E-state index contributed by atoms with van der Waals surface area (Å²) < 4.78 is 1.68. The predicted molar refractivity (Wildman–Crippen MR) is 111 cm³/mol. The maximum absolute atomic E-state index is 9.62. The molecule has 0 aliphatic heterocycles. The summed E-state index contributed by atoms with van der Waals surface area (Å²) in [5.41, 5.74) is 3.30. The third-order valence-corrected chi connectivity index (χ3v) is 4.55. The first kappa shape index (κ1) is 18.5. The minimum atomic E-state index is 0.168. The Hall–Kier alpha value is -3.88. The van der Waals surface area contributed by atoms with Gasteiger partial charge < -0.3 is 5.32 Å². The number of nitrogens with one attached hydrogen (secondary N) is 2. The summed E-state index contributed by atoms with van der Waals surface area (Å²) in [6, 6.07) is 7.62. The summed E-state index contributed by atoms with van der Waals surface area (Å²) in [7, 11) is 1.82. The highest BCUT2D eigenvalue weighted by Crippen LogP contribution is 2.34. The molecule has 0 radical (unpaired) electrons. The lowest BCUT2D eigenvalue weighted by atomic mass is 10.1. The lowest BCUT2D eigenvalue weighted by molar-refractivity contribution is 0.770. The number of aromatic nitrogens is 6. The molecule has 2 N–H and O–H groups in total. The van der Waals surface area contributed by atoms with Crippen molar-refractivity contribution >= 4 is 28.3 Å². The monoisotopic (exact) mass is 402 g/mol. The molecule has 3 aromatic heterocycles. The number of H-pyrrole nitrogens is 1. The number of aromatic amines is 1. The third-order valence-electron chi connectivity index (χ3n) is 4.25. The van der Waals surface area contributed by atoms with Crippen LogP contribution in [0.15, 0.2) is 30.6 Å². The van der Waals surface area contributed by atoms with Crippen molar-refractivity contribution in [2.45, 2.75) is 6.92 Å². The van der Waals surface area contributed by atoms with Gasteiger partial charge in [0.25, 0.3) is 0 Å². The van der Waals surface area contributed by atoms with Crippen molar-refractivity contribution in [1.29, 1.82) is 5.26 Å². The van der Waals surface area contributed by atoms with E-state index in [0.717, 1.165) is 10.9 Å². The van der Waals surface area contributed by atoms with E-state index in [9.17, 15) is 5.26 Å². The molecular weight excluding hydrogens is 388 g/mol. The minimum Gasteiger partial charge on any atom is -0.357 e. The van der Waals surface area contributed by atoms with Gasteiger partial charge in [-0.2, -0.15) is 15.5 Å². The standard InChI is InChI=1S/C20H15ClN8/c1-3-4-6-23-20-16(10-22)25-18(19(26-20)15-5-7-29(2)28-15)12-8-13-11-24-27-17(13)14(21)9-12/h5,7-9,11H,6H2,1-2H3,(H,23,26)(H,24,27). The molecule has 0 bridgehead atoms. The molecule has 4 rings (SSSR count). The fourth-order valence-corrected chi connectivity index (χ4v) is 3.19. The van der Waals surface area contributed by atoms with E-state index in [2.05, 4.69) is 48.5 Å². The maximum Gasteiger partial charge on any atom is 0.183 e. The largest absolute Gasteiger partial charge is 0.357 e. The second-order valence-corrected chi connectivity index (χ2v) is 6.58. The van der Waals surface area contributed by atoms with Crippen LogP contribution in [-0.4, -0.2) is 36.5 Å². The summed E-state index contributed by atoms with van der Waals surface area (Å²) in [6.07, 6.45) is 3.50. The van der Waals surface area contributed by atoms with Crippen molar-refractivity contribution in [3.8, 4) is 40.6 Å². The second-order valence-electron chi connectivity index (χ2n) is 6.18. The highest BCUT2D eigenvalue weighted by Gasteiger charge is 2.19. The first-order valence-corrected chi connectivity index (χ1v) is 9.07. The number of nitriles is 1. The molecule has 8 nitrogen and oxygen atoms in total. The quantitative estimate of drug-likeness (QED) is 0.506. The topological polar surface area (TPSA) is 108 Å². The number of aryl methyl sites for hydroxylation is 1. The minimum absolute atomic E-state index is 0.168. The van der Waals surface area contributed by atoms with Gasteiger partial charge in [0.05, 0.1) is 23.3 Å². The third kappa shape index (κ3) is 3.49. The number of halogens is 1. The van der Waals surface area contributed by atoms with Crippen LogP contribution in [0.25, 0.3) is 33.5 Å². The van der Waals surface area contributed by atoms with Crippen LogP contribution in [0, 0.1) is 23.2 Å². The van der Waals surface area contributed by atoms with Crippen LogP contribution in [0.4, 0.5) is 5.82 Å². The summed E-state index contributed by atoms with van der Waals surface area (Å²) >= 11 is 6.41. The van der Waals surface area contributed by atoms with Crippen LogP contribution < -0.4 is 5.32 Å². The Morgan fingerprint density at radius 1 is 1.28 bits per heavy atom. The van der Waals surface area contributed by atoms with Gasteiger partial charge in [-0.05, 0) is 25.1 Å². The van der Waals surface area contributed by atoms with E-state index in [1.807, 2.05) is 25.4 Å². The summed E-state index contributed by atoms with van der Waals surface area (Å²) in [6.45, 7) is 2.10. The number of hydrogen-bond donors (Lipinski definition) is 2. The molecule has 0 atom stereocenters. The molecule has 142 valence electrons. The van der Waals surface area contributed by atoms with Gasteiger partial charge in [-0.3, -0.25) is 9.78 Å². The second kappa shape index (κ2) is 7.63. The first-order chi connectivity index (χ1) is 14.1. The Morgan fingerprint density at radius 3 is 2.86 bits per heavy atom. The SMILES string of the molecule is CC#CCNc1nc(-c2ccn(C)n2)c(-c2cc(Cl)c3[nH]ncc3c2)nc1C#N. The Labute approximate surface area is 171 Å². The van der Waals surface area contributed by atoms with E-state index >= 15 is 0 Å². The number of hydrogen-bond acceptors (Lipinski definition) is 6. The molecule has 0 saturated heterocycles. The van der Waals surface area contributed by atoms with Crippen molar-refractivity contribution < 1.29 is 0 Å². The van der Waals surface area contributed by atoms with Gasteiger partial charge in [0.2, 0.25) is 0 Å². The zero-order chi connectivity index (χ0) is 20.4. The molecule has 4 aromatic rings. The van der Waals surface area contributed by atoms with Gasteiger partial charge in [0, 0.05) is 24.2 Å². The van der Waals surface area contributed by atoms with Crippen molar-refractivity contribution in [2.24, 2.45) is 7.05 Å². The number of nitrogens with zero attached hydrogens (tertiary/aromatic N) is 6. The predicted octanol–water partition coefficient (Wildman–Crippen LogP) is 3.38. The van der Waals surface area contributed by atoms with Crippen LogP contribution in [0.5, 0.6) is 0 Å². The molecule has 0 amide bonds. The maximum atomic E-state index is 9.62. The van der Waals surface area contributed by atoms with Crippen molar-refractivity contribution in [1.82, 2.24) is 29.9 Å². The Bertz CT molecular complexity index is 1320. The Morgan fingerprint density at radius 2 is 2.14 bits per heavy atom. The van der Waals surface area contributed by atoms with Gasteiger partial charge in [-0.25, -0.2) is 9.97 Å². The highest BCUT2D eigenvalue weighted by molar-refractivity contribution is 6.35. The molecule has 3 heterocycles. The molecule has 0 aliphatic rings. The lowest BCUT2D eigenvalue weighted by Crippen LogP contribution is -2.08. The van der Waals surface area contributed by atoms with Crippen molar-refractivity contribution in [3.63, 3.8) is 0 Å². The fourth-order valence-electron chi connectivity index (χ4n) is 2.92. The number of benzene rings is 1. The van der Waals surface area contributed by atoms with E-state index in [4.69, 9.17) is 11.6 Å². The average Bonchev–Trinajstić information content (AvgIpc) is 3.37. The molecule has 1 aromatic carbocycles. The lowest BCUT2D eigenvalue weighted by Gasteiger charge is -2.12. The zero-order valence-corrected chi connectivity index (χ0v) is 16.4. The van der Waals surface area contributed by atoms with Gasteiger partial charge >= 0.3 is 0 Å². The van der Waals surface area contributed by atoms with Gasteiger partial charge in [0.15, 0.2) is 11.5 Å². The molecule has 0 unspecified atom stereocenters. The van der Waals surface area contributed by atoms with E-state index in [-0.39, 0.29) is 5.69 Å². The molecule has 0 fully saturated rings. The van der Waals surface area contributed by atoms with Crippen LogP contribution in [0.1, 0.15) is 12.6 Å². The molecule has 0 aliphatic carbocycles. The number of anilines is 1. The summed E-state index contributed by atoms with van der Waals surface area (Å²) in [5, 5.41) is 25.4. The van der Waals surface area contributed by atoms with Crippen molar-refractivity contribution in [3.05, 3.63) is 41.3 Å².